The Morgan fingerprint density at radius 1 is 1.24 bits per heavy atom. The average molecular weight is 415 g/mol. The van der Waals surface area contributed by atoms with Crippen LogP contribution in [0.1, 0.15) is 65.6 Å². The molecule has 2 aliphatic heterocycles. The van der Waals surface area contributed by atoms with Gasteiger partial charge in [-0.3, -0.25) is 9.69 Å². The Kier molecular flexibility index (Phi) is 5.95. The lowest BCUT2D eigenvalue weighted by Gasteiger charge is -2.33. The van der Waals surface area contributed by atoms with Gasteiger partial charge < -0.3 is 4.74 Å². The molecular formula is C23H30N2O3S. The maximum atomic E-state index is 13.0. The van der Waals surface area contributed by atoms with Crippen molar-refractivity contribution in [2.75, 3.05) is 6.61 Å². The molecule has 29 heavy (non-hydrogen) atoms. The van der Waals surface area contributed by atoms with Gasteiger partial charge in [-0.15, -0.1) is 0 Å². The number of carbonyl (C=O) groups is 2. The Hall–Kier alpha value is -2.08. The van der Waals surface area contributed by atoms with E-state index >= 15 is 0 Å². The first-order valence-corrected chi connectivity index (χ1v) is 11.0. The fourth-order valence-corrected chi connectivity index (χ4v) is 4.49. The number of thioether (sulfide) groups is 1. The van der Waals surface area contributed by atoms with Crippen molar-refractivity contribution in [3.63, 3.8) is 0 Å². The molecule has 0 aliphatic carbocycles. The molecule has 0 N–H and O–H groups in total. The van der Waals surface area contributed by atoms with Crippen molar-refractivity contribution in [2.24, 2.45) is 10.9 Å². The molecule has 0 spiro atoms. The lowest BCUT2D eigenvalue weighted by molar-refractivity contribution is -0.141. The van der Waals surface area contributed by atoms with Crippen LogP contribution in [0.15, 0.2) is 40.5 Å². The molecule has 3 rings (SSSR count). The van der Waals surface area contributed by atoms with E-state index in [1.807, 2.05) is 39.8 Å². The van der Waals surface area contributed by atoms with Gasteiger partial charge in [-0.25, -0.2) is 9.79 Å². The zero-order valence-corrected chi connectivity index (χ0v) is 19.1. The Bertz CT molecular complexity index is 878. The van der Waals surface area contributed by atoms with Crippen molar-refractivity contribution >= 4 is 28.8 Å². The predicted octanol–water partition coefficient (Wildman–Crippen LogP) is 4.83. The number of benzene rings is 1. The van der Waals surface area contributed by atoms with Crippen molar-refractivity contribution in [3.8, 4) is 0 Å². The van der Waals surface area contributed by atoms with E-state index in [1.165, 1.54) is 17.3 Å². The van der Waals surface area contributed by atoms with Gasteiger partial charge in [-0.1, -0.05) is 70.6 Å². The Morgan fingerprint density at radius 3 is 2.41 bits per heavy atom. The van der Waals surface area contributed by atoms with E-state index in [-0.39, 0.29) is 22.5 Å². The second-order valence-electron chi connectivity index (χ2n) is 9.13. The SMILES string of the molecule is CC1=C(C(=O)OCC(C)C)[C@H](c2ccc(C(C)(C)C)cc2)N2C(=O)[C@H](C)SC2=N1. The molecule has 0 radical (unpaired) electrons. The van der Waals surface area contributed by atoms with E-state index in [4.69, 9.17) is 4.74 Å². The number of ether oxygens (including phenoxy) is 1. The largest absolute Gasteiger partial charge is 0.462 e. The fraction of sp³-hybridized carbons (Fsp3) is 0.522. The number of amidine groups is 1. The standard InChI is InChI=1S/C23H30N2O3S/c1-13(2)12-28-21(27)18-14(3)24-22-25(20(26)15(4)29-22)19(18)16-8-10-17(11-9-16)23(5,6)7/h8-11,13,15,19H,12H2,1-7H3/t15-,19-/m0/s1. The van der Waals surface area contributed by atoms with Crippen molar-refractivity contribution in [2.45, 2.75) is 65.2 Å². The summed E-state index contributed by atoms with van der Waals surface area (Å²) >= 11 is 1.44. The second kappa shape index (κ2) is 7.98. The van der Waals surface area contributed by atoms with Gasteiger partial charge >= 0.3 is 5.97 Å². The number of nitrogens with zero attached hydrogens (tertiary/aromatic N) is 2. The minimum atomic E-state index is -0.513. The minimum Gasteiger partial charge on any atom is -0.462 e. The summed E-state index contributed by atoms with van der Waals surface area (Å²) in [5.41, 5.74) is 3.18. The number of hydrogen-bond acceptors (Lipinski definition) is 5. The number of rotatable bonds is 4. The van der Waals surface area contributed by atoms with Crippen LogP contribution in [0.3, 0.4) is 0 Å². The van der Waals surface area contributed by atoms with Gasteiger partial charge in [0.15, 0.2) is 5.17 Å². The molecule has 0 saturated carbocycles. The molecule has 1 aromatic carbocycles. The van der Waals surface area contributed by atoms with Crippen molar-refractivity contribution in [3.05, 3.63) is 46.7 Å². The van der Waals surface area contributed by atoms with Crippen LogP contribution in [0.25, 0.3) is 0 Å². The van der Waals surface area contributed by atoms with Gasteiger partial charge in [0.1, 0.15) is 0 Å². The summed E-state index contributed by atoms with van der Waals surface area (Å²) in [6.45, 7) is 14.5. The normalized spacial score (nSPS) is 22.1. The van der Waals surface area contributed by atoms with Crippen LogP contribution in [0, 0.1) is 5.92 Å². The molecule has 0 unspecified atom stereocenters. The molecule has 2 atom stereocenters. The van der Waals surface area contributed by atoms with Crippen LogP contribution in [0.2, 0.25) is 0 Å². The molecule has 0 bridgehead atoms. The van der Waals surface area contributed by atoms with E-state index in [0.29, 0.717) is 23.0 Å². The number of esters is 1. The second-order valence-corrected chi connectivity index (χ2v) is 10.4. The topological polar surface area (TPSA) is 59.0 Å². The highest BCUT2D eigenvalue weighted by Gasteiger charge is 2.46. The summed E-state index contributed by atoms with van der Waals surface area (Å²) in [6.07, 6.45) is 0. The highest BCUT2D eigenvalue weighted by atomic mass is 32.2. The van der Waals surface area contributed by atoms with Crippen LogP contribution in [0.5, 0.6) is 0 Å². The van der Waals surface area contributed by atoms with Crippen molar-refractivity contribution in [1.82, 2.24) is 4.90 Å². The van der Waals surface area contributed by atoms with Crippen molar-refractivity contribution in [1.29, 1.82) is 0 Å². The van der Waals surface area contributed by atoms with Gasteiger partial charge in [0.2, 0.25) is 5.91 Å². The minimum absolute atomic E-state index is 0.0241. The first-order chi connectivity index (χ1) is 13.5. The highest BCUT2D eigenvalue weighted by Crippen LogP contribution is 2.43. The zero-order chi connectivity index (χ0) is 21.5. The first-order valence-electron chi connectivity index (χ1n) is 10.1. The molecular weight excluding hydrogens is 384 g/mol. The van der Waals surface area contributed by atoms with E-state index in [2.05, 4.69) is 37.9 Å². The Morgan fingerprint density at radius 2 is 1.86 bits per heavy atom. The molecule has 2 heterocycles. The average Bonchev–Trinajstić information content (AvgIpc) is 2.91. The summed E-state index contributed by atoms with van der Waals surface area (Å²) < 4.78 is 5.54. The first kappa shape index (κ1) is 21.6. The molecule has 156 valence electrons. The summed E-state index contributed by atoms with van der Waals surface area (Å²) in [7, 11) is 0. The molecule has 1 fully saturated rings. The van der Waals surface area contributed by atoms with Gasteiger partial charge in [0.25, 0.3) is 0 Å². The quantitative estimate of drug-likeness (QED) is 0.662. The molecule has 0 aromatic heterocycles. The predicted molar refractivity (Wildman–Crippen MR) is 118 cm³/mol. The van der Waals surface area contributed by atoms with Crippen LogP contribution < -0.4 is 0 Å². The number of fused-ring (bicyclic) bond motifs is 1. The van der Waals surface area contributed by atoms with Crippen LogP contribution in [0.4, 0.5) is 0 Å². The van der Waals surface area contributed by atoms with E-state index in [0.717, 1.165) is 5.56 Å². The molecule has 1 amide bonds. The van der Waals surface area contributed by atoms with Gasteiger partial charge in [0.05, 0.1) is 29.2 Å². The number of aliphatic imine (C=N–C) groups is 1. The molecule has 2 aliphatic rings. The van der Waals surface area contributed by atoms with Gasteiger partial charge in [-0.05, 0) is 36.3 Å². The molecule has 6 heteroatoms. The van der Waals surface area contributed by atoms with Crippen LogP contribution in [-0.4, -0.2) is 33.8 Å². The lowest BCUT2D eigenvalue weighted by Crippen LogP contribution is -2.40. The molecule has 5 nitrogen and oxygen atoms in total. The summed E-state index contributed by atoms with van der Waals surface area (Å²) in [4.78, 5) is 32.2. The summed E-state index contributed by atoms with van der Waals surface area (Å²) in [5, 5.41) is 0.439. The third kappa shape index (κ3) is 4.27. The Balaban J connectivity index is 2.06. The summed E-state index contributed by atoms with van der Waals surface area (Å²) in [5.74, 6) is -0.197. The third-order valence-corrected chi connectivity index (χ3v) is 6.17. The molecule has 1 saturated heterocycles. The zero-order valence-electron chi connectivity index (χ0n) is 18.3. The van der Waals surface area contributed by atoms with E-state index in [1.54, 1.807) is 4.90 Å². The smallest absolute Gasteiger partial charge is 0.338 e. The molecule has 1 aromatic rings. The summed E-state index contributed by atoms with van der Waals surface area (Å²) in [6, 6.07) is 7.66. The maximum absolute atomic E-state index is 13.0. The lowest BCUT2D eigenvalue weighted by atomic mass is 9.85. The third-order valence-electron chi connectivity index (χ3n) is 5.12. The fourth-order valence-electron chi connectivity index (χ4n) is 3.46. The number of allylic oxidation sites excluding steroid dienone is 1. The number of carbonyl (C=O) groups excluding carboxylic acids is 2. The maximum Gasteiger partial charge on any atom is 0.338 e. The number of hydrogen-bond donors (Lipinski definition) is 0. The van der Waals surface area contributed by atoms with Crippen molar-refractivity contribution < 1.29 is 14.3 Å². The van der Waals surface area contributed by atoms with Crippen LogP contribution in [-0.2, 0) is 19.7 Å². The highest BCUT2D eigenvalue weighted by molar-refractivity contribution is 8.15. The monoisotopic (exact) mass is 414 g/mol. The van der Waals surface area contributed by atoms with E-state index < -0.39 is 12.0 Å². The van der Waals surface area contributed by atoms with Gasteiger partial charge in [-0.2, -0.15) is 0 Å². The number of amides is 1. The van der Waals surface area contributed by atoms with Gasteiger partial charge in [0, 0.05) is 0 Å². The Labute approximate surface area is 177 Å². The van der Waals surface area contributed by atoms with E-state index in [9.17, 15) is 9.59 Å². The van der Waals surface area contributed by atoms with Crippen LogP contribution >= 0.6 is 11.8 Å².